The molecular formula is C18H21N3O. The molecule has 0 aliphatic heterocycles. The summed E-state index contributed by atoms with van der Waals surface area (Å²) in [5, 5.41) is 20.2. The maximum atomic E-state index is 8.65. The topological polar surface area (TPSA) is 68.8 Å². The number of nitrogens with zero attached hydrogens (tertiary/aromatic N) is 2. The molecule has 22 heavy (non-hydrogen) atoms. The first-order chi connectivity index (χ1) is 10.8. The van der Waals surface area contributed by atoms with Crippen LogP contribution in [0.25, 0.3) is 0 Å². The van der Waals surface area contributed by atoms with Gasteiger partial charge in [0.25, 0.3) is 0 Å². The molecule has 0 unspecified atom stereocenters. The third-order valence-electron chi connectivity index (χ3n) is 4.00. The van der Waals surface area contributed by atoms with Crippen LogP contribution in [0.15, 0.2) is 36.0 Å². The molecule has 0 aromatic heterocycles. The molecule has 0 atom stereocenters. The largest absolute Gasteiger partial charge is 0.494 e. The van der Waals surface area contributed by atoms with Gasteiger partial charge in [0.2, 0.25) is 0 Å². The van der Waals surface area contributed by atoms with Gasteiger partial charge in [-0.25, -0.2) is 0 Å². The quantitative estimate of drug-likeness (QED) is 0.791. The number of nitriles is 2. The molecule has 0 amide bonds. The molecule has 1 aromatic rings. The molecule has 1 saturated carbocycles. The first-order valence-electron chi connectivity index (χ1n) is 7.81. The summed E-state index contributed by atoms with van der Waals surface area (Å²) in [6.07, 6.45) is 9.35. The summed E-state index contributed by atoms with van der Waals surface area (Å²) >= 11 is 0. The number of hydrogen-bond donors (Lipinski definition) is 1. The van der Waals surface area contributed by atoms with Crippen LogP contribution in [-0.2, 0) is 0 Å². The lowest BCUT2D eigenvalue weighted by molar-refractivity contribution is 0.246. The lowest BCUT2D eigenvalue weighted by atomic mass is 9.87. The minimum atomic E-state index is 0.0489. The summed E-state index contributed by atoms with van der Waals surface area (Å²) in [5.74, 6) is 1.68. The highest BCUT2D eigenvalue weighted by Crippen LogP contribution is 2.26. The summed E-state index contributed by atoms with van der Waals surface area (Å²) in [6.45, 7) is 0.768. The van der Waals surface area contributed by atoms with Crippen LogP contribution in [0.2, 0.25) is 0 Å². The van der Waals surface area contributed by atoms with Crippen LogP contribution in [0, 0.1) is 28.6 Å². The zero-order valence-corrected chi connectivity index (χ0v) is 12.7. The Bertz CT molecular complexity index is 556. The SMILES string of the molecule is N#CC(C#N)=CNc1ccc(OCCC2CCCCC2)cc1. The predicted octanol–water partition coefficient (Wildman–Crippen LogP) is 4.38. The number of anilines is 1. The van der Waals surface area contributed by atoms with E-state index in [0.717, 1.165) is 30.4 Å². The lowest BCUT2D eigenvalue weighted by Gasteiger charge is -2.21. The fourth-order valence-corrected chi connectivity index (χ4v) is 2.71. The summed E-state index contributed by atoms with van der Waals surface area (Å²) in [6, 6.07) is 11.2. The molecule has 4 heteroatoms. The van der Waals surface area contributed by atoms with Crippen LogP contribution in [0.5, 0.6) is 5.75 Å². The molecule has 0 saturated heterocycles. The van der Waals surface area contributed by atoms with Gasteiger partial charge < -0.3 is 10.1 Å². The zero-order chi connectivity index (χ0) is 15.6. The Morgan fingerprint density at radius 3 is 2.45 bits per heavy atom. The first-order valence-corrected chi connectivity index (χ1v) is 7.81. The number of benzene rings is 1. The van der Waals surface area contributed by atoms with Crippen molar-refractivity contribution in [2.45, 2.75) is 38.5 Å². The van der Waals surface area contributed by atoms with Gasteiger partial charge in [0.1, 0.15) is 23.5 Å². The molecule has 1 aliphatic carbocycles. The molecule has 114 valence electrons. The van der Waals surface area contributed by atoms with Crippen molar-refractivity contribution in [1.82, 2.24) is 0 Å². The Labute approximate surface area is 132 Å². The van der Waals surface area contributed by atoms with Crippen LogP contribution in [-0.4, -0.2) is 6.61 Å². The predicted molar refractivity (Wildman–Crippen MR) is 86.1 cm³/mol. The van der Waals surface area contributed by atoms with Crippen molar-refractivity contribution in [2.24, 2.45) is 5.92 Å². The molecule has 4 nitrogen and oxygen atoms in total. The Kier molecular flexibility index (Phi) is 6.33. The molecule has 2 rings (SSSR count). The highest BCUT2D eigenvalue weighted by atomic mass is 16.5. The van der Waals surface area contributed by atoms with Crippen molar-refractivity contribution < 1.29 is 4.74 Å². The summed E-state index contributed by atoms with van der Waals surface area (Å²) in [4.78, 5) is 0. The van der Waals surface area contributed by atoms with Gasteiger partial charge in [-0.1, -0.05) is 32.1 Å². The number of nitrogens with one attached hydrogen (secondary N) is 1. The second-order valence-electron chi connectivity index (χ2n) is 5.59. The third-order valence-corrected chi connectivity index (χ3v) is 4.00. The van der Waals surface area contributed by atoms with Crippen molar-refractivity contribution >= 4 is 5.69 Å². The number of allylic oxidation sites excluding steroid dienone is 1. The summed E-state index contributed by atoms with van der Waals surface area (Å²) in [7, 11) is 0. The Balaban J connectivity index is 1.76. The lowest BCUT2D eigenvalue weighted by Crippen LogP contribution is -2.10. The molecule has 0 spiro atoms. The molecule has 0 heterocycles. The van der Waals surface area contributed by atoms with Gasteiger partial charge in [-0.15, -0.1) is 0 Å². The first kappa shape index (κ1) is 15.9. The highest BCUT2D eigenvalue weighted by Gasteiger charge is 2.12. The van der Waals surface area contributed by atoms with E-state index in [4.69, 9.17) is 15.3 Å². The van der Waals surface area contributed by atoms with Crippen molar-refractivity contribution in [3.63, 3.8) is 0 Å². The van der Waals surface area contributed by atoms with E-state index in [1.165, 1.54) is 38.3 Å². The fourth-order valence-electron chi connectivity index (χ4n) is 2.71. The zero-order valence-electron chi connectivity index (χ0n) is 12.7. The van der Waals surface area contributed by atoms with Crippen LogP contribution in [0.1, 0.15) is 38.5 Å². The minimum Gasteiger partial charge on any atom is -0.494 e. The van der Waals surface area contributed by atoms with E-state index < -0.39 is 0 Å². The smallest absolute Gasteiger partial charge is 0.145 e. The van der Waals surface area contributed by atoms with Gasteiger partial charge in [0.15, 0.2) is 0 Å². The van der Waals surface area contributed by atoms with E-state index in [2.05, 4.69) is 5.32 Å². The minimum absolute atomic E-state index is 0.0489. The van der Waals surface area contributed by atoms with E-state index in [1.54, 1.807) is 12.1 Å². The summed E-state index contributed by atoms with van der Waals surface area (Å²) in [5.41, 5.74) is 0.871. The summed E-state index contributed by atoms with van der Waals surface area (Å²) < 4.78 is 5.78. The van der Waals surface area contributed by atoms with Gasteiger partial charge in [-0.2, -0.15) is 10.5 Å². The van der Waals surface area contributed by atoms with E-state index in [1.807, 2.05) is 24.3 Å². The molecule has 1 fully saturated rings. The average Bonchev–Trinajstić information content (AvgIpc) is 2.58. The second kappa shape index (κ2) is 8.74. The Morgan fingerprint density at radius 2 is 1.82 bits per heavy atom. The van der Waals surface area contributed by atoms with E-state index >= 15 is 0 Å². The van der Waals surface area contributed by atoms with E-state index in [0.29, 0.717) is 0 Å². The van der Waals surface area contributed by atoms with Crippen molar-refractivity contribution in [3.05, 3.63) is 36.0 Å². The van der Waals surface area contributed by atoms with Crippen LogP contribution < -0.4 is 10.1 Å². The maximum absolute atomic E-state index is 8.65. The van der Waals surface area contributed by atoms with Crippen LogP contribution in [0.3, 0.4) is 0 Å². The third kappa shape index (κ3) is 5.14. The van der Waals surface area contributed by atoms with Crippen LogP contribution >= 0.6 is 0 Å². The van der Waals surface area contributed by atoms with Gasteiger partial charge in [-0.05, 0) is 36.6 Å². The van der Waals surface area contributed by atoms with Crippen LogP contribution in [0.4, 0.5) is 5.69 Å². The Hall–Kier alpha value is -2.46. The molecule has 0 radical (unpaired) electrons. The van der Waals surface area contributed by atoms with E-state index in [-0.39, 0.29) is 5.57 Å². The Morgan fingerprint density at radius 1 is 1.14 bits per heavy atom. The average molecular weight is 295 g/mol. The van der Waals surface area contributed by atoms with E-state index in [9.17, 15) is 0 Å². The van der Waals surface area contributed by atoms with Gasteiger partial charge in [-0.3, -0.25) is 0 Å². The molecule has 1 N–H and O–H groups in total. The normalized spacial score (nSPS) is 14.5. The fraction of sp³-hybridized carbons (Fsp3) is 0.444. The molecule has 0 bridgehead atoms. The standard InChI is InChI=1S/C18H21N3O/c19-12-16(13-20)14-21-17-6-8-18(9-7-17)22-11-10-15-4-2-1-3-5-15/h6-9,14-15,21H,1-5,10-11H2. The van der Waals surface area contributed by atoms with Gasteiger partial charge in [0, 0.05) is 11.9 Å². The number of ether oxygens (including phenoxy) is 1. The molecule has 1 aliphatic rings. The van der Waals surface area contributed by atoms with Crippen molar-refractivity contribution in [2.75, 3.05) is 11.9 Å². The van der Waals surface area contributed by atoms with Gasteiger partial charge in [0.05, 0.1) is 6.61 Å². The van der Waals surface area contributed by atoms with Gasteiger partial charge >= 0.3 is 0 Å². The number of rotatable bonds is 6. The van der Waals surface area contributed by atoms with Crippen molar-refractivity contribution in [1.29, 1.82) is 10.5 Å². The molecule has 1 aromatic carbocycles. The second-order valence-corrected chi connectivity index (χ2v) is 5.59. The monoisotopic (exact) mass is 295 g/mol. The molecular weight excluding hydrogens is 274 g/mol. The maximum Gasteiger partial charge on any atom is 0.145 e. The highest BCUT2D eigenvalue weighted by molar-refractivity contribution is 5.51. The number of hydrogen-bond acceptors (Lipinski definition) is 4. The van der Waals surface area contributed by atoms with Crippen molar-refractivity contribution in [3.8, 4) is 17.9 Å².